The summed E-state index contributed by atoms with van der Waals surface area (Å²) in [4.78, 5) is 2.31. The summed E-state index contributed by atoms with van der Waals surface area (Å²) in [6.07, 6.45) is 3.57. The number of aromatic hydroxyl groups is 1. The van der Waals surface area contributed by atoms with Crippen molar-refractivity contribution in [1.82, 2.24) is 10.2 Å². The molecule has 2 N–H and O–H groups in total. The van der Waals surface area contributed by atoms with Crippen LogP contribution in [-0.2, 0) is 0 Å². The minimum Gasteiger partial charge on any atom is -0.505 e. The van der Waals surface area contributed by atoms with Crippen molar-refractivity contribution in [2.75, 3.05) is 26.2 Å². The average Bonchev–Trinajstić information content (AvgIpc) is 2.48. The van der Waals surface area contributed by atoms with Gasteiger partial charge in [0.1, 0.15) is 0 Å². The largest absolute Gasteiger partial charge is 0.505 e. The number of phenols is 1. The molecule has 0 unspecified atom stereocenters. The number of nitrogens with zero attached hydrogens (tertiary/aromatic N) is 1. The fourth-order valence-electron chi connectivity index (χ4n) is 2.75. The summed E-state index contributed by atoms with van der Waals surface area (Å²) in [7, 11) is 0. The van der Waals surface area contributed by atoms with Crippen LogP contribution in [0, 0.1) is 12.7 Å². The SMILES string of the molecule is C=CCC[C@@H](c1ccc(C)c(F)c1O)N1CCNCC1.Cl.Cl. The van der Waals surface area contributed by atoms with Crippen LogP contribution in [0.1, 0.15) is 30.0 Å². The van der Waals surface area contributed by atoms with Gasteiger partial charge in [-0.15, -0.1) is 31.4 Å². The second-order valence-corrected chi connectivity index (χ2v) is 5.30. The number of hydrogen-bond acceptors (Lipinski definition) is 3. The summed E-state index contributed by atoms with van der Waals surface area (Å²) >= 11 is 0. The van der Waals surface area contributed by atoms with Crippen molar-refractivity contribution in [2.45, 2.75) is 25.8 Å². The highest BCUT2D eigenvalue weighted by atomic mass is 35.5. The van der Waals surface area contributed by atoms with Gasteiger partial charge in [0.05, 0.1) is 0 Å². The summed E-state index contributed by atoms with van der Waals surface area (Å²) in [5.41, 5.74) is 1.17. The first-order chi connectivity index (χ1) is 9.65. The van der Waals surface area contributed by atoms with E-state index in [0.29, 0.717) is 11.1 Å². The Morgan fingerprint density at radius 1 is 1.36 bits per heavy atom. The third-order valence-electron chi connectivity index (χ3n) is 3.94. The smallest absolute Gasteiger partial charge is 0.168 e. The normalized spacial score (nSPS) is 16.3. The first-order valence-corrected chi connectivity index (χ1v) is 7.18. The molecule has 1 fully saturated rings. The molecule has 22 heavy (non-hydrogen) atoms. The molecule has 1 heterocycles. The molecular weight excluding hydrogens is 326 g/mol. The monoisotopic (exact) mass is 350 g/mol. The number of rotatable bonds is 5. The van der Waals surface area contributed by atoms with Crippen LogP contribution in [0.5, 0.6) is 5.75 Å². The molecule has 0 aliphatic carbocycles. The van der Waals surface area contributed by atoms with E-state index < -0.39 is 5.82 Å². The van der Waals surface area contributed by atoms with Gasteiger partial charge < -0.3 is 10.4 Å². The fraction of sp³-hybridized carbons (Fsp3) is 0.500. The van der Waals surface area contributed by atoms with Gasteiger partial charge in [0.25, 0.3) is 0 Å². The Morgan fingerprint density at radius 2 is 2.00 bits per heavy atom. The molecule has 0 radical (unpaired) electrons. The van der Waals surface area contributed by atoms with E-state index in [-0.39, 0.29) is 36.6 Å². The zero-order valence-electron chi connectivity index (χ0n) is 12.8. The van der Waals surface area contributed by atoms with E-state index in [4.69, 9.17) is 0 Å². The van der Waals surface area contributed by atoms with E-state index in [2.05, 4.69) is 16.8 Å². The minimum absolute atomic E-state index is 0. The lowest BCUT2D eigenvalue weighted by Crippen LogP contribution is -2.45. The van der Waals surface area contributed by atoms with Crippen molar-refractivity contribution >= 4 is 24.8 Å². The van der Waals surface area contributed by atoms with Crippen LogP contribution in [0.2, 0.25) is 0 Å². The van der Waals surface area contributed by atoms with Crippen LogP contribution in [0.3, 0.4) is 0 Å². The summed E-state index contributed by atoms with van der Waals surface area (Å²) in [6, 6.07) is 3.64. The summed E-state index contributed by atoms with van der Waals surface area (Å²) in [5.74, 6) is -0.696. The van der Waals surface area contributed by atoms with Crippen molar-refractivity contribution in [3.63, 3.8) is 0 Å². The second-order valence-electron chi connectivity index (χ2n) is 5.30. The van der Waals surface area contributed by atoms with Crippen molar-refractivity contribution in [3.8, 4) is 5.75 Å². The molecule has 0 bridgehead atoms. The van der Waals surface area contributed by atoms with Gasteiger partial charge >= 0.3 is 0 Å². The minimum atomic E-state index is -0.499. The zero-order chi connectivity index (χ0) is 14.5. The van der Waals surface area contributed by atoms with Crippen molar-refractivity contribution in [1.29, 1.82) is 0 Å². The highest BCUT2D eigenvalue weighted by molar-refractivity contribution is 5.85. The highest BCUT2D eigenvalue weighted by Crippen LogP contribution is 2.35. The van der Waals surface area contributed by atoms with Crippen LogP contribution < -0.4 is 5.32 Å². The Morgan fingerprint density at radius 3 is 2.59 bits per heavy atom. The first kappa shape index (κ1) is 21.2. The molecule has 1 atom stereocenters. The maximum Gasteiger partial charge on any atom is 0.168 e. The molecule has 0 aromatic heterocycles. The molecule has 0 saturated carbocycles. The number of nitrogens with one attached hydrogen (secondary N) is 1. The van der Waals surface area contributed by atoms with Crippen molar-refractivity contribution < 1.29 is 9.50 Å². The topological polar surface area (TPSA) is 35.5 Å². The molecule has 1 aromatic carbocycles. The average molecular weight is 351 g/mol. The maximum atomic E-state index is 13.9. The third kappa shape index (κ3) is 4.85. The summed E-state index contributed by atoms with van der Waals surface area (Å²) < 4.78 is 13.9. The van der Waals surface area contributed by atoms with E-state index in [1.807, 2.05) is 12.1 Å². The summed E-state index contributed by atoms with van der Waals surface area (Å²) in [6.45, 7) is 9.11. The van der Waals surface area contributed by atoms with Crippen LogP contribution >= 0.6 is 24.8 Å². The van der Waals surface area contributed by atoms with E-state index in [9.17, 15) is 9.50 Å². The van der Waals surface area contributed by atoms with Crippen LogP contribution in [0.15, 0.2) is 24.8 Å². The first-order valence-electron chi connectivity index (χ1n) is 7.18. The van der Waals surface area contributed by atoms with Crippen LogP contribution in [-0.4, -0.2) is 36.2 Å². The molecule has 6 heteroatoms. The molecule has 1 aliphatic rings. The molecule has 2 rings (SSSR count). The predicted octanol–water partition coefficient (Wildman–Crippen LogP) is 3.60. The zero-order valence-corrected chi connectivity index (χ0v) is 14.5. The lowest BCUT2D eigenvalue weighted by Gasteiger charge is -2.35. The van der Waals surface area contributed by atoms with Gasteiger partial charge in [0.15, 0.2) is 11.6 Å². The van der Waals surface area contributed by atoms with Crippen molar-refractivity contribution in [3.05, 3.63) is 41.7 Å². The van der Waals surface area contributed by atoms with E-state index >= 15 is 0 Å². The standard InChI is InChI=1S/C16H23FN2O.2ClH/c1-3-4-5-14(19-10-8-18-9-11-19)13-7-6-12(2)15(17)16(13)20;;/h3,6-7,14,18,20H,1,4-5,8-11H2,2H3;2*1H/t14-;;/m0../s1. The predicted molar refractivity (Wildman–Crippen MR) is 93.9 cm³/mol. The molecular formula is C16H25Cl2FN2O. The Hall–Kier alpha value is -0.810. The number of hydrogen-bond donors (Lipinski definition) is 2. The number of benzene rings is 1. The number of phenolic OH excluding ortho intramolecular Hbond substituents is 1. The quantitative estimate of drug-likeness (QED) is 0.796. The Kier molecular flexibility index (Phi) is 9.69. The summed E-state index contributed by atoms with van der Waals surface area (Å²) in [5, 5.41) is 13.4. The maximum absolute atomic E-state index is 13.9. The van der Waals surface area contributed by atoms with Gasteiger partial charge in [-0.3, -0.25) is 4.90 Å². The molecule has 1 saturated heterocycles. The van der Waals surface area contributed by atoms with Gasteiger partial charge in [0.2, 0.25) is 0 Å². The number of piperazine rings is 1. The molecule has 1 aromatic rings. The Balaban J connectivity index is 0.00000220. The fourth-order valence-corrected chi connectivity index (χ4v) is 2.75. The number of aryl methyl sites for hydroxylation is 1. The van der Waals surface area contributed by atoms with Gasteiger partial charge in [-0.1, -0.05) is 18.2 Å². The van der Waals surface area contributed by atoms with E-state index in [1.165, 1.54) is 0 Å². The number of halogens is 3. The van der Waals surface area contributed by atoms with E-state index in [0.717, 1.165) is 39.0 Å². The Bertz CT molecular complexity index is 479. The second kappa shape index (κ2) is 10.1. The van der Waals surface area contributed by atoms with Crippen LogP contribution in [0.25, 0.3) is 0 Å². The van der Waals surface area contributed by atoms with Gasteiger partial charge in [-0.05, 0) is 25.3 Å². The van der Waals surface area contributed by atoms with E-state index in [1.54, 1.807) is 13.0 Å². The molecule has 0 amide bonds. The molecule has 126 valence electrons. The van der Waals surface area contributed by atoms with Gasteiger partial charge in [-0.25, -0.2) is 4.39 Å². The third-order valence-corrected chi connectivity index (χ3v) is 3.94. The number of allylic oxidation sites excluding steroid dienone is 1. The van der Waals surface area contributed by atoms with Crippen molar-refractivity contribution in [2.24, 2.45) is 0 Å². The lowest BCUT2D eigenvalue weighted by atomic mass is 9.97. The van der Waals surface area contributed by atoms with Gasteiger partial charge in [-0.2, -0.15) is 0 Å². The lowest BCUT2D eigenvalue weighted by molar-refractivity contribution is 0.163. The molecule has 1 aliphatic heterocycles. The Labute approximate surface area is 144 Å². The highest BCUT2D eigenvalue weighted by Gasteiger charge is 2.25. The molecule has 0 spiro atoms. The van der Waals surface area contributed by atoms with Gasteiger partial charge in [0, 0.05) is 37.8 Å². The molecule has 3 nitrogen and oxygen atoms in total. The van der Waals surface area contributed by atoms with Crippen LogP contribution in [0.4, 0.5) is 4.39 Å².